The van der Waals surface area contributed by atoms with E-state index >= 15 is 0 Å². The third-order valence-electron chi connectivity index (χ3n) is 4.62. The molecule has 1 saturated carbocycles. The molecule has 1 aliphatic heterocycles. The highest BCUT2D eigenvalue weighted by atomic mass is 32.1. The average molecular weight is 314 g/mol. The molecule has 3 rings (SSSR count). The molecule has 3 nitrogen and oxygen atoms in total. The maximum Gasteiger partial charge on any atom is 0.193 e. The molecule has 22 heavy (non-hydrogen) atoms. The van der Waals surface area contributed by atoms with Crippen LogP contribution in [0.5, 0.6) is 0 Å². The molecule has 0 bridgehead atoms. The SMILES string of the molecule is CCc1ccc(C2NC(=S)N=C3CC(C)(C)CC(=O)C32)cc1. The lowest BCUT2D eigenvalue weighted by atomic mass is 9.67. The molecule has 2 atom stereocenters. The van der Waals surface area contributed by atoms with Crippen LogP contribution in [0.15, 0.2) is 29.3 Å². The number of aliphatic imine (C=N–C) groups is 1. The number of rotatable bonds is 2. The number of carbonyl (C=O) groups is 1. The number of hydrogen-bond donors (Lipinski definition) is 1. The number of fused-ring (bicyclic) bond motifs is 1. The lowest BCUT2D eigenvalue weighted by Crippen LogP contribution is -2.49. The van der Waals surface area contributed by atoms with Crippen LogP contribution in [-0.2, 0) is 11.2 Å². The van der Waals surface area contributed by atoms with Crippen LogP contribution < -0.4 is 5.32 Å². The minimum absolute atomic E-state index is 0.0179. The van der Waals surface area contributed by atoms with Crippen LogP contribution in [0.25, 0.3) is 0 Å². The van der Waals surface area contributed by atoms with Crippen LogP contribution >= 0.6 is 12.2 Å². The summed E-state index contributed by atoms with van der Waals surface area (Å²) in [7, 11) is 0. The molecular weight excluding hydrogens is 292 g/mol. The first-order chi connectivity index (χ1) is 10.4. The van der Waals surface area contributed by atoms with Gasteiger partial charge in [-0.05, 0) is 41.6 Å². The van der Waals surface area contributed by atoms with Gasteiger partial charge in [0.25, 0.3) is 0 Å². The summed E-state index contributed by atoms with van der Waals surface area (Å²) in [5.41, 5.74) is 3.35. The van der Waals surface area contributed by atoms with Crippen molar-refractivity contribution < 1.29 is 4.79 Å². The minimum atomic E-state index is -0.174. The van der Waals surface area contributed by atoms with E-state index in [1.807, 2.05) is 0 Å². The number of nitrogens with one attached hydrogen (secondary N) is 1. The molecule has 0 radical (unpaired) electrons. The Kier molecular flexibility index (Phi) is 3.89. The van der Waals surface area contributed by atoms with Gasteiger partial charge in [0.15, 0.2) is 5.11 Å². The number of thiocarbonyl (C=S) groups is 1. The zero-order valence-electron chi connectivity index (χ0n) is 13.3. The average Bonchev–Trinajstić information content (AvgIpc) is 2.44. The van der Waals surface area contributed by atoms with Crippen molar-refractivity contribution in [3.63, 3.8) is 0 Å². The maximum atomic E-state index is 12.7. The van der Waals surface area contributed by atoms with Crippen molar-refractivity contribution in [2.45, 2.75) is 46.1 Å². The fourth-order valence-corrected chi connectivity index (χ4v) is 3.78. The normalized spacial score (nSPS) is 27.0. The van der Waals surface area contributed by atoms with Crippen molar-refractivity contribution in [2.75, 3.05) is 0 Å². The maximum absolute atomic E-state index is 12.7. The van der Waals surface area contributed by atoms with Crippen molar-refractivity contribution in [1.82, 2.24) is 5.32 Å². The zero-order chi connectivity index (χ0) is 15.9. The summed E-state index contributed by atoms with van der Waals surface area (Å²) in [5.74, 6) is 0.0989. The van der Waals surface area contributed by atoms with E-state index in [1.54, 1.807) is 0 Å². The number of hydrogen-bond acceptors (Lipinski definition) is 2. The number of carbonyl (C=O) groups excluding carboxylic acids is 1. The number of ketones is 1. The Hall–Kier alpha value is -1.55. The summed E-state index contributed by atoms with van der Waals surface area (Å²) >= 11 is 5.30. The van der Waals surface area contributed by atoms with Crippen LogP contribution in [0, 0.1) is 11.3 Å². The number of benzene rings is 1. The first-order valence-electron chi connectivity index (χ1n) is 7.89. The number of aryl methyl sites for hydroxylation is 1. The van der Waals surface area contributed by atoms with Gasteiger partial charge in [0, 0.05) is 12.1 Å². The predicted octanol–water partition coefficient (Wildman–Crippen LogP) is 3.62. The smallest absolute Gasteiger partial charge is 0.193 e. The van der Waals surface area contributed by atoms with Crippen molar-refractivity contribution in [2.24, 2.45) is 16.3 Å². The van der Waals surface area contributed by atoms with Crippen LogP contribution in [0.4, 0.5) is 0 Å². The standard InChI is InChI=1S/C18H22N2OS/c1-4-11-5-7-12(8-6-11)16-15-13(19-17(22)20-16)9-18(2,3)10-14(15)21/h5-8,15-16H,4,9-10H2,1-3H3,(H,20,22). The summed E-state index contributed by atoms with van der Waals surface area (Å²) in [6.45, 7) is 6.39. The van der Waals surface area contributed by atoms with Gasteiger partial charge in [0.05, 0.1) is 12.0 Å². The first-order valence-corrected chi connectivity index (χ1v) is 8.30. The molecule has 0 aromatic heterocycles. The topological polar surface area (TPSA) is 41.5 Å². The third kappa shape index (κ3) is 2.84. The highest BCUT2D eigenvalue weighted by molar-refractivity contribution is 7.80. The quantitative estimate of drug-likeness (QED) is 0.848. The van der Waals surface area contributed by atoms with Crippen molar-refractivity contribution in [3.05, 3.63) is 35.4 Å². The second-order valence-electron chi connectivity index (χ2n) is 7.09. The van der Waals surface area contributed by atoms with E-state index in [0.29, 0.717) is 11.5 Å². The first kappa shape index (κ1) is 15.3. The summed E-state index contributed by atoms with van der Waals surface area (Å²) < 4.78 is 0. The van der Waals surface area contributed by atoms with Crippen molar-refractivity contribution in [1.29, 1.82) is 0 Å². The molecule has 2 aliphatic rings. The van der Waals surface area contributed by atoms with Crippen LogP contribution in [0.3, 0.4) is 0 Å². The van der Waals surface area contributed by atoms with Crippen LogP contribution in [0.2, 0.25) is 0 Å². The summed E-state index contributed by atoms with van der Waals surface area (Å²) in [4.78, 5) is 17.2. The lowest BCUT2D eigenvalue weighted by Gasteiger charge is -2.40. The fourth-order valence-electron chi connectivity index (χ4n) is 3.53. The Morgan fingerprint density at radius 2 is 1.95 bits per heavy atom. The van der Waals surface area contributed by atoms with Gasteiger partial charge in [-0.3, -0.25) is 4.79 Å². The number of Topliss-reactive ketones (excluding diaryl/α,β-unsaturated/α-hetero) is 1. The van der Waals surface area contributed by atoms with Gasteiger partial charge in [-0.2, -0.15) is 0 Å². The molecule has 2 unspecified atom stereocenters. The second kappa shape index (κ2) is 5.58. The van der Waals surface area contributed by atoms with Crippen molar-refractivity contribution in [3.8, 4) is 0 Å². The molecule has 0 amide bonds. The summed E-state index contributed by atoms with van der Waals surface area (Å²) in [5, 5.41) is 3.75. The van der Waals surface area contributed by atoms with Gasteiger partial charge in [-0.1, -0.05) is 45.0 Å². The Morgan fingerprint density at radius 1 is 1.27 bits per heavy atom. The highest BCUT2D eigenvalue weighted by Crippen LogP contribution is 2.40. The molecule has 1 aromatic rings. The second-order valence-corrected chi connectivity index (χ2v) is 7.47. The van der Waals surface area contributed by atoms with Crippen molar-refractivity contribution >= 4 is 28.8 Å². The molecule has 116 valence electrons. The van der Waals surface area contributed by atoms with Gasteiger partial charge >= 0.3 is 0 Å². The molecule has 1 heterocycles. The van der Waals surface area contributed by atoms with Gasteiger partial charge in [0.1, 0.15) is 5.78 Å². The number of nitrogens with zero attached hydrogens (tertiary/aromatic N) is 1. The van der Waals surface area contributed by atoms with Gasteiger partial charge in [-0.25, -0.2) is 4.99 Å². The van der Waals surface area contributed by atoms with Gasteiger partial charge in [-0.15, -0.1) is 0 Å². The molecule has 1 N–H and O–H groups in total. The molecular formula is C18H22N2OS. The predicted molar refractivity (Wildman–Crippen MR) is 93.2 cm³/mol. The zero-order valence-corrected chi connectivity index (χ0v) is 14.2. The van der Waals surface area contributed by atoms with Gasteiger partial charge < -0.3 is 5.32 Å². The van der Waals surface area contributed by atoms with E-state index in [0.717, 1.165) is 24.1 Å². The van der Waals surface area contributed by atoms with E-state index in [2.05, 4.69) is 55.3 Å². The van der Waals surface area contributed by atoms with Gasteiger partial charge in [0.2, 0.25) is 0 Å². The van der Waals surface area contributed by atoms with E-state index in [1.165, 1.54) is 5.56 Å². The third-order valence-corrected chi connectivity index (χ3v) is 4.83. The van der Waals surface area contributed by atoms with E-state index in [4.69, 9.17) is 12.2 Å². The molecule has 0 saturated heterocycles. The largest absolute Gasteiger partial charge is 0.353 e. The lowest BCUT2D eigenvalue weighted by molar-refractivity contribution is -0.124. The Bertz CT molecular complexity index is 646. The molecule has 4 heteroatoms. The molecule has 1 fully saturated rings. The molecule has 0 spiro atoms. The van der Waals surface area contributed by atoms with Crippen LogP contribution in [-0.4, -0.2) is 16.6 Å². The monoisotopic (exact) mass is 314 g/mol. The molecule has 1 aromatic carbocycles. The fraction of sp³-hybridized carbons (Fsp3) is 0.500. The Balaban J connectivity index is 1.97. The molecule has 1 aliphatic carbocycles. The van der Waals surface area contributed by atoms with E-state index < -0.39 is 0 Å². The minimum Gasteiger partial charge on any atom is -0.353 e. The van der Waals surface area contributed by atoms with Crippen LogP contribution in [0.1, 0.15) is 50.8 Å². The highest BCUT2D eigenvalue weighted by Gasteiger charge is 2.44. The van der Waals surface area contributed by atoms with E-state index in [9.17, 15) is 4.79 Å². The Morgan fingerprint density at radius 3 is 2.59 bits per heavy atom. The summed E-state index contributed by atoms with van der Waals surface area (Å²) in [6, 6.07) is 8.39. The van der Waals surface area contributed by atoms with E-state index in [-0.39, 0.29) is 23.2 Å². The Labute approximate surface area is 137 Å². The summed E-state index contributed by atoms with van der Waals surface area (Å²) in [6.07, 6.45) is 2.46.